The monoisotopic (exact) mass is 420 g/mol. The number of ether oxygens (including phenoxy) is 2. The molecule has 1 aliphatic heterocycles. The fourth-order valence-corrected chi connectivity index (χ4v) is 3.98. The van der Waals surface area contributed by atoms with Crippen LogP contribution in [0.4, 0.5) is 0 Å². The van der Waals surface area contributed by atoms with Crippen LogP contribution in [-0.4, -0.2) is 53.7 Å². The van der Waals surface area contributed by atoms with Crippen molar-refractivity contribution in [2.75, 3.05) is 27.3 Å². The Labute approximate surface area is 182 Å². The number of methoxy groups -OCH3 is 2. The molecule has 1 aromatic heterocycles. The van der Waals surface area contributed by atoms with Gasteiger partial charge in [-0.05, 0) is 41.8 Å². The number of amides is 1. The summed E-state index contributed by atoms with van der Waals surface area (Å²) >= 11 is 0. The van der Waals surface area contributed by atoms with Gasteiger partial charge >= 0.3 is 0 Å². The molecule has 7 heteroatoms. The van der Waals surface area contributed by atoms with Gasteiger partial charge in [0.2, 0.25) is 0 Å². The number of nitrogens with zero attached hydrogens (tertiary/aromatic N) is 3. The van der Waals surface area contributed by atoms with Crippen LogP contribution in [0.15, 0.2) is 61.2 Å². The lowest BCUT2D eigenvalue weighted by Crippen LogP contribution is -2.37. The van der Waals surface area contributed by atoms with Gasteiger partial charge in [0.25, 0.3) is 5.91 Å². The van der Waals surface area contributed by atoms with E-state index in [1.54, 1.807) is 26.7 Å². The first-order chi connectivity index (χ1) is 15.1. The molecule has 0 bridgehead atoms. The molecule has 1 atom stereocenters. The highest BCUT2D eigenvalue weighted by molar-refractivity contribution is 5.94. The van der Waals surface area contributed by atoms with Gasteiger partial charge in [0.05, 0.1) is 20.5 Å². The maximum atomic E-state index is 12.8. The standard InChI is InChI=1S/C24H28N4O3/c1-30-22-11-19(12-23(13-22)31-2)15-27-8-6-21(16-27)26-24(29)20-5-3-4-18(10-20)14-28-9-7-25-17-28/h3-5,7,9-13,17,21H,6,8,14-16H2,1-2H3,(H,26,29). The Bertz CT molecular complexity index is 997. The summed E-state index contributed by atoms with van der Waals surface area (Å²) in [6.45, 7) is 3.24. The number of carbonyl (C=O) groups is 1. The first-order valence-corrected chi connectivity index (χ1v) is 10.4. The van der Waals surface area contributed by atoms with E-state index in [1.165, 1.54) is 0 Å². The second-order valence-corrected chi connectivity index (χ2v) is 7.85. The minimum absolute atomic E-state index is 0.0256. The molecule has 1 N–H and O–H groups in total. The van der Waals surface area contributed by atoms with E-state index in [9.17, 15) is 4.79 Å². The summed E-state index contributed by atoms with van der Waals surface area (Å²) in [4.78, 5) is 19.2. The van der Waals surface area contributed by atoms with Gasteiger partial charge in [0, 0.05) is 56.2 Å². The SMILES string of the molecule is COc1cc(CN2CCC(NC(=O)c3cccc(Cn4ccnc4)c3)C2)cc(OC)c1. The highest BCUT2D eigenvalue weighted by Gasteiger charge is 2.24. The summed E-state index contributed by atoms with van der Waals surface area (Å²) in [6.07, 6.45) is 6.38. The van der Waals surface area contributed by atoms with Crippen LogP contribution in [0.5, 0.6) is 11.5 Å². The van der Waals surface area contributed by atoms with E-state index in [0.717, 1.165) is 48.7 Å². The van der Waals surface area contributed by atoms with Crippen LogP contribution < -0.4 is 14.8 Å². The van der Waals surface area contributed by atoms with E-state index in [4.69, 9.17) is 9.47 Å². The van der Waals surface area contributed by atoms with E-state index in [0.29, 0.717) is 12.1 Å². The van der Waals surface area contributed by atoms with Crippen LogP contribution >= 0.6 is 0 Å². The van der Waals surface area contributed by atoms with Crippen molar-refractivity contribution in [2.45, 2.75) is 25.6 Å². The number of benzene rings is 2. The quantitative estimate of drug-likeness (QED) is 0.607. The summed E-state index contributed by atoms with van der Waals surface area (Å²) < 4.78 is 12.7. The molecular weight excluding hydrogens is 392 g/mol. The zero-order chi connectivity index (χ0) is 21.6. The Morgan fingerprint density at radius 2 is 1.90 bits per heavy atom. The van der Waals surface area contributed by atoms with Crippen molar-refractivity contribution >= 4 is 5.91 Å². The number of nitrogens with one attached hydrogen (secondary N) is 1. The first kappa shape index (κ1) is 20.9. The third kappa shape index (κ3) is 5.44. The lowest BCUT2D eigenvalue weighted by Gasteiger charge is -2.18. The number of hydrogen-bond acceptors (Lipinski definition) is 5. The van der Waals surface area contributed by atoms with Crippen LogP contribution in [0.25, 0.3) is 0 Å². The van der Waals surface area contributed by atoms with Gasteiger partial charge in [-0.15, -0.1) is 0 Å². The van der Waals surface area contributed by atoms with Crippen molar-refractivity contribution in [3.63, 3.8) is 0 Å². The zero-order valence-electron chi connectivity index (χ0n) is 18.0. The van der Waals surface area contributed by atoms with Crippen LogP contribution in [-0.2, 0) is 13.1 Å². The molecule has 162 valence electrons. The van der Waals surface area contributed by atoms with Crippen molar-refractivity contribution < 1.29 is 14.3 Å². The molecule has 1 aliphatic rings. The smallest absolute Gasteiger partial charge is 0.251 e. The van der Waals surface area contributed by atoms with E-state index < -0.39 is 0 Å². The lowest BCUT2D eigenvalue weighted by molar-refractivity contribution is 0.0937. The van der Waals surface area contributed by atoms with Gasteiger partial charge in [-0.3, -0.25) is 9.69 Å². The predicted molar refractivity (Wildman–Crippen MR) is 118 cm³/mol. The van der Waals surface area contributed by atoms with Gasteiger partial charge < -0.3 is 19.4 Å². The molecule has 1 unspecified atom stereocenters. The second-order valence-electron chi connectivity index (χ2n) is 7.85. The van der Waals surface area contributed by atoms with Crippen LogP contribution in [0.2, 0.25) is 0 Å². The molecule has 0 radical (unpaired) electrons. The molecule has 2 aromatic carbocycles. The summed E-state index contributed by atoms with van der Waals surface area (Å²) in [7, 11) is 3.31. The summed E-state index contributed by atoms with van der Waals surface area (Å²) in [5, 5.41) is 3.19. The van der Waals surface area contributed by atoms with Gasteiger partial charge in [0.15, 0.2) is 0 Å². The molecule has 0 saturated carbocycles. The average molecular weight is 421 g/mol. The lowest BCUT2D eigenvalue weighted by atomic mass is 10.1. The van der Waals surface area contributed by atoms with Crippen molar-refractivity contribution in [1.29, 1.82) is 0 Å². The van der Waals surface area contributed by atoms with Crippen molar-refractivity contribution in [1.82, 2.24) is 19.8 Å². The average Bonchev–Trinajstić information content (AvgIpc) is 3.45. The summed E-state index contributed by atoms with van der Waals surface area (Å²) in [5.74, 6) is 1.55. The molecule has 1 amide bonds. The number of rotatable bonds is 8. The molecule has 4 rings (SSSR count). The van der Waals surface area contributed by atoms with E-state index in [-0.39, 0.29) is 11.9 Å². The van der Waals surface area contributed by atoms with Crippen LogP contribution in [0.3, 0.4) is 0 Å². The fraction of sp³-hybridized carbons (Fsp3) is 0.333. The summed E-state index contributed by atoms with van der Waals surface area (Å²) in [6, 6.07) is 13.8. The van der Waals surface area contributed by atoms with Gasteiger partial charge in [-0.1, -0.05) is 12.1 Å². The molecule has 0 spiro atoms. The highest BCUT2D eigenvalue weighted by atomic mass is 16.5. The largest absolute Gasteiger partial charge is 0.497 e. The molecule has 2 heterocycles. The molecule has 0 aliphatic carbocycles. The zero-order valence-corrected chi connectivity index (χ0v) is 18.0. The number of likely N-dealkylation sites (tertiary alicyclic amines) is 1. The Morgan fingerprint density at radius 3 is 2.61 bits per heavy atom. The minimum atomic E-state index is -0.0256. The maximum absolute atomic E-state index is 12.8. The molecule has 3 aromatic rings. The molecule has 31 heavy (non-hydrogen) atoms. The third-order valence-corrected chi connectivity index (χ3v) is 5.54. The molecule has 1 saturated heterocycles. The number of imidazole rings is 1. The van der Waals surface area contributed by atoms with Crippen LogP contribution in [0.1, 0.15) is 27.9 Å². The highest BCUT2D eigenvalue weighted by Crippen LogP contribution is 2.24. The Balaban J connectivity index is 1.33. The molecular formula is C24H28N4O3. The van der Waals surface area contributed by atoms with E-state index in [2.05, 4.69) is 15.2 Å². The van der Waals surface area contributed by atoms with Crippen LogP contribution in [0, 0.1) is 0 Å². The third-order valence-electron chi connectivity index (χ3n) is 5.54. The molecule has 7 nitrogen and oxygen atoms in total. The minimum Gasteiger partial charge on any atom is -0.497 e. The first-order valence-electron chi connectivity index (χ1n) is 10.4. The number of carbonyl (C=O) groups excluding carboxylic acids is 1. The fourth-order valence-electron chi connectivity index (χ4n) is 3.98. The Hall–Kier alpha value is -3.32. The van der Waals surface area contributed by atoms with Gasteiger partial charge in [0.1, 0.15) is 11.5 Å². The second kappa shape index (κ2) is 9.66. The number of aromatic nitrogens is 2. The topological polar surface area (TPSA) is 68.6 Å². The number of hydrogen-bond donors (Lipinski definition) is 1. The summed E-state index contributed by atoms with van der Waals surface area (Å²) in [5.41, 5.74) is 2.90. The van der Waals surface area contributed by atoms with Crippen molar-refractivity contribution in [3.8, 4) is 11.5 Å². The predicted octanol–water partition coefficient (Wildman–Crippen LogP) is 2.95. The maximum Gasteiger partial charge on any atom is 0.251 e. The molecule has 1 fully saturated rings. The van der Waals surface area contributed by atoms with E-state index >= 15 is 0 Å². The van der Waals surface area contributed by atoms with E-state index in [1.807, 2.05) is 53.2 Å². The van der Waals surface area contributed by atoms with Gasteiger partial charge in [-0.25, -0.2) is 4.98 Å². The Kier molecular flexibility index (Phi) is 6.52. The van der Waals surface area contributed by atoms with Crippen molar-refractivity contribution in [3.05, 3.63) is 77.9 Å². The van der Waals surface area contributed by atoms with Gasteiger partial charge in [-0.2, -0.15) is 0 Å². The normalized spacial score (nSPS) is 16.3. The van der Waals surface area contributed by atoms with Crippen molar-refractivity contribution in [2.24, 2.45) is 0 Å². The Morgan fingerprint density at radius 1 is 1.10 bits per heavy atom.